The number of Topliss-reactive ketones (excluding diaryl/α,β-unsaturated/α-hetero) is 1. The van der Waals surface area contributed by atoms with Gasteiger partial charge in [-0.1, -0.05) is 23.7 Å². The number of anilines is 1. The number of phenols is 1. The Morgan fingerprint density at radius 3 is 2.67 bits per heavy atom. The molecule has 0 aliphatic carbocycles. The highest BCUT2D eigenvalue weighted by molar-refractivity contribution is 6.31. The van der Waals surface area contributed by atoms with E-state index in [1.165, 1.54) is 23.2 Å². The first-order valence-electron chi connectivity index (χ1n) is 10.1. The summed E-state index contributed by atoms with van der Waals surface area (Å²) in [5, 5.41) is 22.4. The Hall–Kier alpha value is -4.10. The van der Waals surface area contributed by atoms with Crippen molar-refractivity contribution in [2.45, 2.75) is 13.0 Å². The number of furan rings is 1. The number of pyridine rings is 1. The average molecular weight is 461 g/mol. The minimum absolute atomic E-state index is 0.0575. The Bertz CT molecular complexity index is 1460. The van der Waals surface area contributed by atoms with Crippen LogP contribution in [0.4, 0.5) is 5.69 Å². The second-order valence-electron chi connectivity index (χ2n) is 7.71. The van der Waals surface area contributed by atoms with Gasteiger partial charge >= 0.3 is 0 Å². The highest BCUT2D eigenvalue weighted by Crippen LogP contribution is 2.44. The molecule has 0 saturated heterocycles. The molecule has 0 radical (unpaired) electrons. The van der Waals surface area contributed by atoms with E-state index in [4.69, 9.17) is 16.0 Å². The van der Waals surface area contributed by atoms with Crippen LogP contribution in [0.5, 0.6) is 5.75 Å². The van der Waals surface area contributed by atoms with E-state index in [0.29, 0.717) is 21.7 Å². The van der Waals surface area contributed by atoms with Gasteiger partial charge in [0.05, 0.1) is 17.0 Å². The van der Waals surface area contributed by atoms with E-state index in [9.17, 15) is 19.8 Å². The zero-order valence-corrected chi connectivity index (χ0v) is 18.1. The quantitative estimate of drug-likeness (QED) is 0.401. The maximum atomic E-state index is 13.6. The van der Waals surface area contributed by atoms with Gasteiger partial charge in [0.25, 0.3) is 5.91 Å². The van der Waals surface area contributed by atoms with Gasteiger partial charge in [0.2, 0.25) is 5.78 Å². The molecule has 2 aromatic heterocycles. The van der Waals surface area contributed by atoms with E-state index in [0.717, 1.165) is 5.56 Å². The number of fused-ring (bicyclic) bond motifs is 1. The first-order valence-corrected chi connectivity index (χ1v) is 10.4. The van der Waals surface area contributed by atoms with Crippen LogP contribution < -0.4 is 4.90 Å². The van der Waals surface area contributed by atoms with E-state index < -0.39 is 23.5 Å². The Morgan fingerprint density at radius 1 is 1.09 bits per heavy atom. The minimum Gasteiger partial charge on any atom is -0.506 e. The standard InChI is InChI=1S/C25H17ClN2O5/c1-13-5-7-18(29)17(10-13)28-22(16-4-2-3-9-27-16)21(24(31)25(28)32)23(30)20-12-14-11-15(26)6-8-19(14)33-20/h2-12,22,29,31H,1H3. The molecule has 1 atom stereocenters. The summed E-state index contributed by atoms with van der Waals surface area (Å²) in [5.41, 5.74) is 1.53. The summed E-state index contributed by atoms with van der Waals surface area (Å²) in [6, 6.07) is 15.2. The van der Waals surface area contributed by atoms with E-state index in [1.807, 2.05) is 0 Å². The summed E-state index contributed by atoms with van der Waals surface area (Å²) in [7, 11) is 0. The molecule has 164 valence electrons. The summed E-state index contributed by atoms with van der Waals surface area (Å²) in [6.45, 7) is 1.80. The summed E-state index contributed by atoms with van der Waals surface area (Å²) >= 11 is 6.04. The first-order chi connectivity index (χ1) is 15.8. The van der Waals surface area contributed by atoms with Crippen LogP contribution >= 0.6 is 11.6 Å². The fraction of sp³-hybridized carbons (Fsp3) is 0.0800. The van der Waals surface area contributed by atoms with Crippen molar-refractivity contribution in [3.05, 3.63) is 100 Å². The molecule has 1 amide bonds. The summed E-state index contributed by atoms with van der Waals surface area (Å²) in [6.07, 6.45) is 1.52. The number of nitrogens with zero attached hydrogens (tertiary/aromatic N) is 2. The predicted molar refractivity (Wildman–Crippen MR) is 123 cm³/mol. The molecular formula is C25H17ClN2O5. The molecule has 33 heavy (non-hydrogen) atoms. The number of hydrogen-bond acceptors (Lipinski definition) is 6. The highest BCUT2D eigenvalue weighted by Gasteiger charge is 2.46. The van der Waals surface area contributed by atoms with Gasteiger partial charge in [0, 0.05) is 16.6 Å². The van der Waals surface area contributed by atoms with Crippen LogP contribution in [0, 0.1) is 6.92 Å². The lowest BCUT2D eigenvalue weighted by molar-refractivity contribution is -0.117. The third-order valence-corrected chi connectivity index (χ3v) is 5.75. The van der Waals surface area contributed by atoms with Crippen molar-refractivity contribution in [1.82, 2.24) is 4.98 Å². The summed E-state index contributed by atoms with van der Waals surface area (Å²) < 4.78 is 5.70. The molecule has 0 spiro atoms. The Labute approximate surface area is 193 Å². The number of aromatic nitrogens is 1. The fourth-order valence-electron chi connectivity index (χ4n) is 3.99. The number of aliphatic hydroxyl groups is 1. The van der Waals surface area contributed by atoms with Crippen LogP contribution in [-0.2, 0) is 4.79 Å². The van der Waals surface area contributed by atoms with Crippen molar-refractivity contribution < 1.29 is 24.2 Å². The van der Waals surface area contributed by atoms with Gasteiger partial charge < -0.3 is 14.6 Å². The smallest absolute Gasteiger partial charge is 0.294 e. The Morgan fingerprint density at radius 2 is 1.91 bits per heavy atom. The van der Waals surface area contributed by atoms with Crippen LogP contribution in [0.15, 0.2) is 82.6 Å². The molecule has 7 nitrogen and oxygen atoms in total. The predicted octanol–water partition coefficient (Wildman–Crippen LogP) is 5.28. The number of carbonyl (C=O) groups is 2. The van der Waals surface area contributed by atoms with Crippen LogP contribution in [0.2, 0.25) is 5.02 Å². The van der Waals surface area contributed by atoms with Crippen LogP contribution in [0.1, 0.15) is 27.9 Å². The third kappa shape index (κ3) is 3.43. The molecule has 5 rings (SSSR count). The van der Waals surface area contributed by atoms with Gasteiger partial charge in [0.1, 0.15) is 17.4 Å². The molecule has 2 aromatic carbocycles. The number of hydrogen-bond donors (Lipinski definition) is 2. The number of amides is 1. The topological polar surface area (TPSA) is 104 Å². The number of ketones is 1. The highest BCUT2D eigenvalue weighted by atomic mass is 35.5. The second kappa shape index (κ2) is 7.79. The van der Waals surface area contributed by atoms with E-state index in [2.05, 4.69) is 4.98 Å². The number of aliphatic hydroxyl groups excluding tert-OH is 1. The molecule has 1 aliphatic rings. The number of aryl methyl sites for hydroxylation is 1. The van der Waals surface area contributed by atoms with Crippen molar-refractivity contribution >= 4 is 39.9 Å². The zero-order chi connectivity index (χ0) is 23.3. The second-order valence-corrected chi connectivity index (χ2v) is 8.15. The first kappa shape index (κ1) is 20.8. The maximum Gasteiger partial charge on any atom is 0.294 e. The number of aromatic hydroxyl groups is 1. The molecule has 1 unspecified atom stereocenters. The molecular weight excluding hydrogens is 444 g/mol. The van der Waals surface area contributed by atoms with Crippen LogP contribution in [0.25, 0.3) is 11.0 Å². The van der Waals surface area contributed by atoms with E-state index >= 15 is 0 Å². The maximum absolute atomic E-state index is 13.6. The number of rotatable bonds is 4. The summed E-state index contributed by atoms with van der Waals surface area (Å²) in [4.78, 5) is 32.2. The molecule has 4 aromatic rings. The average Bonchev–Trinajstić information content (AvgIpc) is 3.34. The van der Waals surface area contributed by atoms with Gasteiger partial charge in [0.15, 0.2) is 11.5 Å². The monoisotopic (exact) mass is 460 g/mol. The lowest BCUT2D eigenvalue weighted by Crippen LogP contribution is -2.31. The largest absolute Gasteiger partial charge is 0.506 e. The van der Waals surface area contributed by atoms with Gasteiger partial charge in [-0.05, 0) is 61.0 Å². The number of carbonyl (C=O) groups excluding carboxylic acids is 2. The van der Waals surface area contributed by atoms with Crippen molar-refractivity contribution in [2.75, 3.05) is 4.90 Å². The molecule has 0 fully saturated rings. The van der Waals surface area contributed by atoms with Crippen molar-refractivity contribution in [2.24, 2.45) is 0 Å². The number of halogens is 1. The number of phenolic OH excluding ortho intramolecular Hbond substituents is 1. The van der Waals surface area contributed by atoms with Gasteiger partial charge in [-0.3, -0.25) is 19.5 Å². The van der Waals surface area contributed by atoms with Gasteiger partial charge in [-0.15, -0.1) is 0 Å². The fourth-order valence-corrected chi connectivity index (χ4v) is 4.17. The van der Waals surface area contributed by atoms with Gasteiger partial charge in [-0.25, -0.2) is 0 Å². The third-order valence-electron chi connectivity index (χ3n) is 5.51. The van der Waals surface area contributed by atoms with Gasteiger partial charge in [-0.2, -0.15) is 0 Å². The van der Waals surface area contributed by atoms with Crippen LogP contribution in [-0.4, -0.2) is 26.9 Å². The molecule has 3 heterocycles. The molecule has 1 aliphatic heterocycles. The Kier molecular flexibility index (Phi) is 4.91. The molecule has 2 N–H and O–H groups in total. The van der Waals surface area contributed by atoms with Crippen molar-refractivity contribution in [3.8, 4) is 5.75 Å². The van der Waals surface area contributed by atoms with Crippen molar-refractivity contribution in [3.63, 3.8) is 0 Å². The summed E-state index contributed by atoms with van der Waals surface area (Å²) in [5.74, 6) is -2.45. The molecule has 0 bridgehead atoms. The Balaban J connectivity index is 1.68. The normalized spacial score (nSPS) is 16.1. The van der Waals surface area contributed by atoms with E-state index in [-0.39, 0.29) is 22.8 Å². The lowest BCUT2D eigenvalue weighted by atomic mass is 9.98. The SMILES string of the molecule is Cc1ccc(O)c(N2C(=O)C(O)=C(C(=O)c3cc4cc(Cl)ccc4o3)C2c2ccccn2)c1. The van der Waals surface area contributed by atoms with E-state index in [1.54, 1.807) is 55.5 Å². The van der Waals surface area contributed by atoms with Crippen molar-refractivity contribution in [1.29, 1.82) is 0 Å². The van der Waals surface area contributed by atoms with Crippen LogP contribution in [0.3, 0.4) is 0 Å². The molecule has 8 heteroatoms. The number of benzene rings is 2. The minimum atomic E-state index is -1.07. The zero-order valence-electron chi connectivity index (χ0n) is 17.3. The lowest BCUT2D eigenvalue weighted by Gasteiger charge is -2.26. The molecule has 0 saturated carbocycles.